The van der Waals surface area contributed by atoms with Crippen LogP contribution >= 0.6 is 0 Å². The van der Waals surface area contributed by atoms with Gasteiger partial charge in [-0.25, -0.2) is 0 Å². The van der Waals surface area contributed by atoms with E-state index in [1.807, 2.05) is 23.1 Å². The first-order chi connectivity index (χ1) is 11.7. The van der Waals surface area contributed by atoms with Gasteiger partial charge in [0.25, 0.3) is 0 Å². The first kappa shape index (κ1) is 14.5. The van der Waals surface area contributed by atoms with Crippen molar-refractivity contribution in [1.82, 2.24) is 9.88 Å². The Labute approximate surface area is 140 Å². The summed E-state index contributed by atoms with van der Waals surface area (Å²) in [7, 11) is 1.64. The molecule has 6 rings (SSSR count). The third kappa shape index (κ3) is 2.05. The summed E-state index contributed by atoms with van der Waals surface area (Å²) in [5, 5.41) is 0. The Morgan fingerprint density at radius 1 is 1.29 bits per heavy atom. The van der Waals surface area contributed by atoms with Gasteiger partial charge >= 0.3 is 6.01 Å². The minimum absolute atomic E-state index is 0.186. The molecule has 1 aromatic heterocycles. The average Bonchev–Trinajstić information content (AvgIpc) is 3.16. The van der Waals surface area contributed by atoms with Crippen LogP contribution in [0.2, 0.25) is 0 Å². The molecular weight excluding hydrogens is 308 g/mol. The Kier molecular flexibility index (Phi) is 3.07. The van der Waals surface area contributed by atoms with Crippen LogP contribution in [0.1, 0.15) is 12.8 Å². The number of methoxy groups -OCH3 is 1. The van der Waals surface area contributed by atoms with Crippen LogP contribution in [-0.4, -0.2) is 55.1 Å². The summed E-state index contributed by atoms with van der Waals surface area (Å²) in [5.74, 6) is 1.32. The van der Waals surface area contributed by atoms with Gasteiger partial charge < -0.3 is 18.8 Å². The van der Waals surface area contributed by atoms with Crippen molar-refractivity contribution in [3.8, 4) is 5.75 Å². The van der Waals surface area contributed by atoms with Crippen LogP contribution in [0.25, 0.3) is 11.1 Å². The molecule has 4 aliphatic rings. The molecular formula is C17H22N4O3. The van der Waals surface area contributed by atoms with Crippen LogP contribution in [0.5, 0.6) is 5.75 Å². The molecule has 1 aromatic carbocycles. The van der Waals surface area contributed by atoms with Gasteiger partial charge in [0.05, 0.1) is 13.7 Å². The van der Waals surface area contributed by atoms with Gasteiger partial charge in [0.1, 0.15) is 16.9 Å². The minimum atomic E-state index is -0.513. The lowest BCUT2D eigenvalue weighted by Gasteiger charge is -2.50. The first-order valence-corrected chi connectivity index (χ1v) is 8.54. The number of hydrogen-bond acceptors (Lipinski definition) is 7. The molecule has 0 radical (unpaired) electrons. The molecule has 1 spiro atoms. The van der Waals surface area contributed by atoms with Gasteiger partial charge in [-0.1, -0.05) is 0 Å². The Bertz CT molecular complexity index is 770. The third-order valence-corrected chi connectivity index (χ3v) is 5.75. The largest absolute Gasteiger partial charge is 0.497 e. The zero-order valence-corrected chi connectivity index (χ0v) is 13.8. The molecule has 0 saturated carbocycles. The standard InChI is InChI=1S/C17H22N4O3/c1-22-12-2-3-13-14(8-12)23-16(19-13)21-10-17(24-15(21)18)9-20-6-4-11(17)5-7-20/h2-3,8,11,15H,4-7,9-10,18H2,1H3. The highest BCUT2D eigenvalue weighted by atomic mass is 16.6. The highest BCUT2D eigenvalue weighted by Gasteiger charge is 2.54. The van der Waals surface area contributed by atoms with Crippen molar-refractivity contribution in [2.45, 2.75) is 24.8 Å². The molecule has 2 bridgehead atoms. The number of piperidine rings is 3. The van der Waals surface area contributed by atoms with Crippen LogP contribution in [0, 0.1) is 5.92 Å². The second-order valence-electron chi connectivity index (χ2n) is 7.08. The Balaban J connectivity index is 1.47. The van der Waals surface area contributed by atoms with Gasteiger partial charge in [0.2, 0.25) is 0 Å². The number of aromatic nitrogens is 1. The number of fused-ring (bicyclic) bond motifs is 3. The quantitative estimate of drug-likeness (QED) is 0.891. The molecule has 7 nitrogen and oxygen atoms in total. The van der Waals surface area contributed by atoms with E-state index in [9.17, 15) is 0 Å². The van der Waals surface area contributed by atoms with E-state index in [4.69, 9.17) is 19.6 Å². The van der Waals surface area contributed by atoms with Gasteiger partial charge in [-0.3, -0.25) is 10.6 Å². The summed E-state index contributed by atoms with van der Waals surface area (Å²) >= 11 is 0. The summed E-state index contributed by atoms with van der Waals surface area (Å²) in [6, 6.07) is 6.15. The van der Waals surface area contributed by atoms with E-state index in [0.29, 0.717) is 17.5 Å². The Morgan fingerprint density at radius 3 is 2.83 bits per heavy atom. The summed E-state index contributed by atoms with van der Waals surface area (Å²) in [4.78, 5) is 9.02. The van der Waals surface area contributed by atoms with E-state index in [2.05, 4.69) is 9.88 Å². The monoisotopic (exact) mass is 330 g/mol. The predicted octanol–water partition coefficient (Wildman–Crippen LogP) is 1.38. The van der Waals surface area contributed by atoms with Crippen molar-refractivity contribution in [2.24, 2.45) is 11.7 Å². The Hall–Kier alpha value is -1.83. The van der Waals surface area contributed by atoms with Gasteiger partial charge in [-0.15, -0.1) is 0 Å². The van der Waals surface area contributed by atoms with Crippen LogP contribution in [-0.2, 0) is 4.74 Å². The molecule has 2 atom stereocenters. The van der Waals surface area contributed by atoms with E-state index in [-0.39, 0.29) is 5.60 Å². The molecule has 2 unspecified atom stereocenters. The molecule has 24 heavy (non-hydrogen) atoms. The summed E-state index contributed by atoms with van der Waals surface area (Å²) in [6.07, 6.45) is 1.86. The van der Waals surface area contributed by atoms with Crippen molar-refractivity contribution in [3.63, 3.8) is 0 Å². The van der Waals surface area contributed by atoms with Gasteiger partial charge in [0, 0.05) is 12.6 Å². The highest BCUT2D eigenvalue weighted by molar-refractivity contribution is 5.76. The number of nitrogens with two attached hydrogens (primary N) is 1. The molecule has 2 N–H and O–H groups in total. The van der Waals surface area contributed by atoms with Crippen LogP contribution < -0.4 is 15.4 Å². The van der Waals surface area contributed by atoms with E-state index >= 15 is 0 Å². The lowest BCUT2D eigenvalue weighted by molar-refractivity contribution is -0.137. The van der Waals surface area contributed by atoms with Crippen molar-refractivity contribution in [3.05, 3.63) is 18.2 Å². The lowest BCUT2D eigenvalue weighted by atomic mass is 9.75. The molecule has 4 fully saturated rings. The highest BCUT2D eigenvalue weighted by Crippen LogP contribution is 2.43. The molecule has 4 aliphatic heterocycles. The number of benzene rings is 1. The summed E-state index contributed by atoms with van der Waals surface area (Å²) < 4.78 is 17.5. The fourth-order valence-corrected chi connectivity index (χ4v) is 4.48. The fraction of sp³-hybridized carbons (Fsp3) is 0.588. The van der Waals surface area contributed by atoms with Crippen LogP contribution in [0.15, 0.2) is 22.6 Å². The average molecular weight is 330 g/mol. The maximum absolute atomic E-state index is 6.29. The number of oxazole rings is 1. The third-order valence-electron chi connectivity index (χ3n) is 5.75. The second kappa shape index (κ2) is 5.08. The number of hydrogen-bond donors (Lipinski definition) is 1. The maximum Gasteiger partial charge on any atom is 0.301 e. The number of rotatable bonds is 2. The van der Waals surface area contributed by atoms with E-state index in [1.165, 1.54) is 25.9 Å². The van der Waals surface area contributed by atoms with Gasteiger partial charge in [-0.2, -0.15) is 4.98 Å². The van der Waals surface area contributed by atoms with Crippen molar-refractivity contribution < 1.29 is 13.9 Å². The van der Waals surface area contributed by atoms with Crippen LogP contribution in [0.4, 0.5) is 6.01 Å². The molecule has 0 aliphatic carbocycles. The van der Waals surface area contributed by atoms with E-state index < -0.39 is 6.35 Å². The Morgan fingerprint density at radius 2 is 2.12 bits per heavy atom. The number of nitrogens with zero attached hydrogens (tertiary/aromatic N) is 3. The molecule has 5 heterocycles. The molecule has 7 heteroatoms. The van der Waals surface area contributed by atoms with Gasteiger partial charge in [0.15, 0.2) is 11.9 Å². The fourth-order valence-electron chi connectivity index (χ4n) is 4.48. The molecule has 4 saturated heterocycles. The van der Waals surface area contributed by atoms with Gasteiger partial charge in [-0.05, 0) is 44.0 Å². The topological polar surface area (TPSA) is 77.0 Å². The van der Waals surface area contributed by atoms with E-state index in [0.717, 1.165) is 24.4 Å². The normalized spacial score (nSPS) is 35.2. The molecule has 2 aromatic rings. The first-order valence-electron chi connectivity index (χ1n) is 8.54. The molecule has 128 valence electrons. The minimum Gasteiger partial charge on any atom is -0.497 e. The summed E-state index contributed by atoms with van der Waals surface area (Å²) in [6.45, 7) is 4.04. The van der Waals surface area contributed by atoms with Crippen molar-refractivity contribution >= 4 is 17.1 Å². The smallest absolute Gasteiger partial charge is 0.301 e. The zero-order valence-electron chi connectivity index (χ0n) is 13.8. The number of anilines is 1. The predicted molar refractivity (Wildman–Crippen MR) is 88.9 cm³/mol. The lowest BCUT2D eigenvalue weighted by Crippen LogP contribution is -2.61. The zero-order chi connectivity index (χ0) is 16.3. The second-order valence-corrected chi connectivity index (χ2v) is 7.08. The maximum atomic E-state index is 6.29. The number of ether oxygens (including phenoxy) is 2. The molecule has 0 amide bonds. The SMILES string of the molecule is COc1ccc2nc(N3CC4(CN5CCC4CC5)OC3N)oc2c1. The van der Waals surface area contributed by atoms with Crippen LogP contribution in [0.3, 0.4) is 0 Å². The summed E-state index contributed by atoms with van der Waals surface area (Å²) in [5.41, 5.74) is 7.60. The van der Waals surface area contributed by atoms with E-state index in [1.54, 1.807) is 7.11 Å². The van der Waals surface area contributed by atoms with Crippen molar-refractivity contribution in [1.29, 1.82) is 0 Å². The van der Waals surface area contributed by atoms with Crippen molar-refractivity contribution in [2.75, 3.05) is 38.2 Å².